The highest BCUT2D eigenvalue weighted by molar-refractivity contribution is 9.09. The van der Waals surface area contributed by atoms with Crippen molar-refractivity contribution >= 4 is 21.8 Å². The Morgan fingerprint density at radius 2 is 2.06 bits per heavy atom. The molecule has 18 heavy (non-hydrogen) atoms. The van der Waals surface area contributed by atoms with Gasteiger partial charge in [-0.1, -0.05) is 29.8 Å². The van der Waals surface area contributed by atoms with Crippen molar-refractivity contribution < 1.29 is 4.79 Å². The van der Waals surface area contributed by atoms with Crippen molar-refractivity contribution in [3.05, 3.63) is 17.0 Å². The first-order chi connectivity index (χ1) is 8.38. The van der Waals surface area contributed by atoms with Gasteiger partial charge in [-0.05, 0) is 26.2 Å². The summed E-state index contributed by atoms with van der Waals surface area (Å²) in [6, 6.07) is 0.191. The van der Waals surface area contributed by atoms with E-state index in [-0.39, 0.29) is 11.9 Å². The molecule has 5 heteroatoms. The van der Waals surface area contributed by atoms with Crippen LogP contribution in [0.1, 0.15) is 42.0 Å². The Morgan fingerprint density at radius 1 is 1.44 bits per heavy atom. The lowest BCUT2D eigenvalue weighted by Gasteiger charge is -2.21. The molecule has 1 heterocycles. The Bertz CT molecular complexity index is 426. The summed E-state index contributed by atoms with van der Waals surface area (Å²) in [4.78, 5) is 12.3. The van der Waals surface area contributed by atoms with E-state index in [9.17, 15) is 4.79 Å². The second-order valence-corrected chi connectivity index (χ2v) is 5.76. The summed E-state index contributed by atoms with van der Waals surface area (Å²) in [6.45, 7) is 8.04. The molecule has 0 aliphatic rings. The molecule has 0 aliphatic carbocycles. The molecule has 0 bridgehead atoms. The van der Waals surface area contributed by atoms with E-state index in [0.29, 0.717) is 11.5 Å². The third kappa shape index (κ3) is 3.34. The van der Waals surface area contributed by atoms with Gasteiger partial charge in [0, 0.05) is 24.1 Å². The lowest BCUT2D eigenvalue weighted by atomic mass is 10.0. The number of nitrogens with one attached hydrogen (secondary N) is 1. The van der Waals surface area contributed by atoms with Gasteiger partial charge in [0.1, 0.15) is 0 Å². The Labute approximate surface area is 117 Å². The minimum atomic E-state index is -0.0160. The molecular weight excluding hydrogens is 294 g/mol. The number of amides is 1. The van der Waals surface area contributed by atoms with Crippen LogP contribution in [-0.4, -0.2) is 27.1 Å². The molecule has 1 amide bonds. The maximum atomic E-state index is 12.3. The van der Waals surface area contributed by atoms with Gasteiger partial charge in [0.25, 0.3) is 5.91 Å². The number of rotatable bonds is 5. The topological polar surface area (TPSA) is 46.9 Å². The second kappa shape index (κ2) is 6.36. The first kappa shape index (κ1) is 15.2. The van der Waals surface area contributed by atoms with E-state index in [1.165, 1.54) is 0 Å². The summed E-state index contributed by atoms with van der Waals surface area (Å²) in [5, 5.41) is 8.27. The lowest BCUT2D eigenvalue weighted by molar-refractivity contribution is 0.0923. The normalized spacial score (nSPS) is 12.8. The number of carbonyl (C=O) groups is 1. The SMILES string of the molecule is Cc1nn(C)c(C)c1C(=O)NC(CCBr)C(C)C. The van der Waals surface area contributed by atoms with E-state index in [4.69, 9.17) is 0 Å². The highest BCUT2D eigenvalue weighted by Crippen LogP contribution is 2.14. The number of aryl methyl sites for hydroxylation is 2. The van der Waals surface area contributed by atoms with E-state index < -0.39 is 0 Å². The molecule has 102 valence electrons. The molecule has 1 unspecified atom stereocenters. The number of alkyl halides is 1. The highest BCUT2D eigenvalue weighted by atomic mass is 79.9. The molecule has 0 saturated heterocycles. The Morgan fingerprint density at radius 3 is 2.44 bits per heavy atom. The third-order valence-electron chi connectivity index (χ3n) is 3.28. The number of nitrogens with zero attached hydrogens (tertiary/aromatic N) is 2. The predicted octanol–water partition coefficient (Wildman–Crippen LogP) is 2.58. The number of halogens is 1. The van der Waals surface area contributed by atoms with Crippen LogP contribution >= 0.6 is 15.9 Å². The summed E-state index contributed by atoms with van der Waals surface area (Å²) in [7, 11) is 1.86. The molecule has 4 nitrogen and oxygen atoms in total. The first-order valence-corrected chi connectivity index (χ1v) is 7.37. The van der Waals surface area contributed by atoms with E-state index in [0.717, 1.165) is 23.1 Å². The number of aromatic nitrogens is 2. The molecule has 1 rings (SSSR count). The maximum Gasteiger partial charge on any atom is 0.255 e. The van der Waals surface area contributed by atoms with Crippen molar-refractivity contribution in [3.8, 4) is 0 Å². The van der Waals surface area contributed by atoms with Gasteiger partial charge in [0.15, 0.2) is 0 Å². The van der Waals surface area contributed by atoms with Crippen molar-refractivity contribution in [1.82, 2.24) is 15.1 Å². The predicted molar refractivity (Wildman–Crippen MR) is 77.2 cm³/mol. The molecule has 1 aromatic heterocycles. The summed E-state index contributed by atoms with van der Waals surface area (Å²) in [5.74, 6) is 0.404. The smallest absolute Gasteiger partial charge is 0.255 e. The summed E-state index contributed by atoms with van der Waals surface area (Å²) < 4.78 is 1.75. The Kier molecular flexibility index (Phi) is 5.38. The molecule has 0 aromatic carbocycles. The Balaban J connectivity index is 2.87. The fourth-order valence-electron chi connectivity index (χ4n) is 2.03. The monoisotopic (exact) mass is 315 g/mol. The maximum absolute atomic E-state index is 12.3. The van der Waals surface area contributed by atoms with Gasteiger partial charge in [-0.2, -0.15) is 5.10 Å². The van der Waals surface area contributed by atoms with Crippen molar-refractivity contribution in [2.45, 2.75) is 40.2 Å². The third-order valence-corrected chi connectivity index (χ3v) is 3.74. The first-order valence-electron chi connectivity index (χ1n) is 6.25. The van der Waals surface area contributed by atoms with Gasteiger partial charge in [0.2, 0.25) is 0 Å². The van der Waals surface area contributed by atoms with Gasteiger partial charge in [0.05, 0.1) is 11.3 Å². The van der Waals surface area contributed by atoms with Gasteiger partial charge in [-0.25, -0.2) is 0 Å². The molecular formula is C13H22BrN3O. The Hall–Kier alpha value is -0.840. The van der Waals surface area contributed by atoms with Crippen LogP contribution < -0.4 is 5.32 Å². The highest BCUT2D eigenvalue weighted by Gasteiger charge is 2.21. The largest absolute Gasteiger partial charge is 0.349 e. The zero-order chi connectivity index (χ0) is 13.9. The second-order valence-electron chi connectivity index (χ2n) is 4.97. The quantitative estimate of drug-likeness (QED) is 0.849. The molecule has 0 fully saturated rings. The summed E-state index contributed by atoms with van der Waals surface area (Å²) in [5.41, 5.74) is 2.40. The standard InChI is InChI=1S/C13H22BrN3O/c1-8(2)11(6-7-14)15-13(18)12-9(3)16-17(5)10(12)4/h8,11H,6-7H2,1-5H3,(H,15,18). The fourth-order valence-corrected chi connectivity index (χ4v) is 2.53. The summed E-state index contributed by atoms with van der Waals surface area (Å²) >= 11 is 3.43. The van der Waals surface area contributed by atoms with Crippen molar-refractivity contribution in [3.63, 3.8) is 0 Å². The minimum absolute atomic E-state index is 0.0160. The fraction of sp³-hybridized carbons (Fsp3) is 0.692. The zero-order valence-electron chi connectivity index (χ0n) is 11.7. The molecule has 0 spiro atoms. The molecule has 0 aliphatic heterocycles. The molecule has 0 radical (unpaired) electrons. The van der Waals surface area contributed by atoms with Crippen molar-refractivity contribution in [1.29, 1.82) is 0 Å². The van der Waals surface area contributed by atoms with Gasteiger partial charge in [-0.15, -0.1) is 0 Å². The molecule has 1 aromatic rings. The van der Waals surface area contributed by atoms with Crippen LogP contribution in [0.25, 0.3) is 0 Å². The average Bonchev–Trinajstić information content (AvgIpc) is 2.52. The van der Waals surface area contributed by atoms with Crippen molar-refractivity contribution in [2.24, 2.45) is 13.0 Å². The van der Waals surface area contributed by atoms with Gasteiger partial charge >= 0.3 is 0 Å². The van der Waals surface area contributed by atoms with Gasteiger partial charge < -0.3 is 5.32 Å². The molecule has 1 atom stereocenters. The van der Waals surface area contributed by atoms with E-state index >= 15 is 0 Å². The van der Waals surface area contributed by atoms with Gasteiger partial charge in [-0.3, -0.25) is 9.48 Å². The van der Waals surface area contributed by atoms with E-state index in [2.05, 4.69) is 40.2 Å². The molecule has 1 N–H and O–H groups in total. The molecule has 0 saturated carbocycles. The van der Waals surface area contributed by atoms with Crippen LogP contribution in [0.4, 0.5) is 0 Å². The average molecular weight is 316 g/mol. The minimum Gasteiger partial charge on any atom is -0.349 e. The van der Waals surface area contributed by atoms with Crippen molar-refractivity contribution in [2.75, 3.05) is 5.33 Å². The number of hydrogen-bond donors (Lipinski definition) is 1. The van der Waals surface area contributed by atoms with Crippen LogP contribution in [0.3, 0.4) is 0 Å². The van der Waals surface area contributed by atoms with E-state index in [1.807, 2.05) is 20.9 Å². The van der Waals surface area contributed by atoms with E-state index in [1.54, 1.807) is 4.68 Å². The lowest BCUT2D eigenvalue weighted by Crippen LogP contribution is -2.39. The van der Waals surface area contributed by atoms with Crippen LogP contribution in [0.15, 0.2) is 0 Å². The number of hydrogen-bond acceptors (Lipinski definition) is 2. The van der Waals surface area contributed by atoms with Crippen LogP contribution in [0, 0.1) is 19.8 Å². The van der Waals surface area contributed by atoms with Crippen LogP contribution in [0.2, 0.25) is 0 Å². The summed E-state index contributed by atoms with van der Waals surface area (Å²) in [6.07, 6.45) is 0.932. The van der Waals surface area contributed by atoms with Crippen LogP contribution in [-0.2, 0) is 7.05 Å². The number of carbonyl (C=O) groups excluding carboxylic acids is 1. The van der Waals surface area contributed by atoms with Crippen LogP contribution in [0.5, 0.6) is 0 Å². The zero-order valence-corrected chi connectivity index (χ0v) is 13.3.